The Labute approximate surface area is 145 Å². The molecule has 0 radical (unpaired) electrons. The smallest absolute Gasteiger partial charge is 0.224 e. The van der Waals surface area contributed by atoms with E-state index in [4.69, 9.17) is 4.74 Å². The molecule has 0 heterocycles. The number of nitrogens with one attached hydrogen (secondary N) is 1. The quantitative estimate of drug-likeness (QED) is 0.555. The van der Waals surface area contributed by atoms with Crippen LogP contribution in [0.15, 0.2) is 42.5 Å². The van der Waals surface area contributed by atoms with Gasteiger partial charge in [0.05, 0.1) is 6.61 Å². The van der Waals surface area contributed by atoms with Crippen molar-refractivity contribution in [2.24, 2.45) is 0 Å². The van der Waals surface area contributed by atoms with Crippen molar-refractivity contribution in [3.05, 3.63) is 57.2 Å². The van der Waals surface area contributed by atoms with Crippen LogP contribution in [0.3, 0.4) is 0 Å². The van der Waals surface area contributed by atoms with Gasteiger partial charge in [0, 0.05) is 15.7 Å². The van der Waals surface area contributed by atoms with Crippen LogP contribution in [-0.4, -0.2) is 12.5 Å². The summed E-state index contributed by atoms with van der Waals surface area (Å²) in [4.78, 5) is 11.9. The number of ether oxygens (including phenoxy) is 1. The lowest BCUT2D eigenvalue weighted by molar-refractivity contribution is -0.116. The van der Waals surface area contributed by atoms with Crippen LogP contribution in [-0.2, 0) is 4.79 Å². The van der Waals surface area contributed by atoms with E-state index in [0.29, 0.717) is 19.4 Å². The summed E-state index contributed by atoms with van der Waals surface area (Å²) < 4.78 is 6.79. The van der Waals surface area contributed by atoms with Gasteiger partial charge in [0.1, 0.15) is 5.75 Å². The van der Waals surface area contributed by atoms with Gasteiger partial charge < -0.3 is 10.1 Å². The Bertz CT molecular complexity index is 655. The second-order valence-corrected chi connectivity index (χ2v) is 6.44. The second-order valence-electron chi connectivity index (χ2n) is 5.28. The summed E-state index contributed by atoms with van der Waals surface area (Å²) in [7, 11) is 0. The number of carbonyl (C=O) groups excluding carboxylic acids is 1. The van der Waals surface area contributed by atoms with Crippen LogP contribution in [0.5, 0.6) is 5.75 Å². The molecular formula is C18H20INO2. The van der Waals surface area contributed by atoms with E-state index in [1.807, 2.05) is 49.4 Å². The van der Waals surface area contributed by atoms with Crippen LogP contribution in [0, 0.1) is 17.4 Å². The van der Waals surface area contributed by atoms with Crippen LogP contribution in [0.2, 0.25) is 0 Å². The average molecular weight is 409 g/mol. The summed E-state index contributed by atoms with van der Waals surface area (Å²) in [6.07, 6.45) is 1.15. The van der Waals surface area contributed by atoms with Gasteiger partial charge in [-0.3, -0.25) is 4.79 Å². The van der Waals surface area contributed by atoms with Crippen LogP contribution < -0.4 is 10.1 Å². The van der Waals surface area contributed by atoms with Gasteiger partial charge in [-0.1, -0.05) is 18.2 Å². The van der Waals surface area contributed by atoms with Crippen molar-refractivity contribution in [3.8, 4) is 5.75 Å². The van der Waals surface area contributed by atoms with Gasteiger partial charge in [0.15, 0.2) is 0 Å². The third kappa shape index (κ3) is 5.33. The highest BCUT2D eigenvalue weighted by Crippen LogP contribution is 2.17. The second kappa shape index (κ2) is 8.17. The van der Waals surface area contributed by atoms with E-state index in [1.54, 1.807) is 0 Å². The standard InChI is InChI=1S/C18H20INO2/c1-13-5-3-6-16(11-13)22-10-4-7-18(21)20-15-9-8-14(2)17(19)12-15/h3,5-6,8-9,11-12H,4,7,10H2,1-2H3,(H,20,21). The van der Waals surface area contributed by atoms with Crippen molar-refractivity contribution in [1.82, 2.24) is 0 Å². The van der Waals surface area contributed by atoms with E-state index in [9.17, 15) is 4.79 Å². The zero-order chi connectivity index (χ0) is 15.9. The lowest BCUT2D eigenvalue weighted by Crippen LogP contribution is -2.13. The molecule has 1 amide bonds. The van der Waals surface area contributed by atoms with E-state index >= 15 is 0 Å². The number of benzene rings is 2. The van der Waals surface area contributed by atoms with Gasteiger partial charge in [-0.05, 0) is 78.3 Å². The summed E-state index contributed by atoms with van der Waals surface area (Å²) in [5, 5.41) is 2.92. The minimum absolute atomic E-state index is 0.0208. The van der Waals surface area contributed by atoms with Crippen LogP contribution in [0.4, 0.5) is 5.69 Å². The number of amides is 1. The predicted octanol–water partition coefficient (Wildman–Crippen LogP) is 4.71. The maximum atomic E-state index is 11.9. The average Bonchev–Trinajstić information content (AvgIpc) is 2.48. The SMILES string of the molecule is Cc1cccc(OCCCC(=O)Nc2ccc(C)c(I)c2)c1. The molecule has 4 heteroatoms. The molecule has 0 fully saturated rings. The summed E-state index contributed by atoms with van der Waals surface area (Å²) in [5.74, 6) is 0.876. The van der Waals surface area contributed by atoms with Gasteiger partial charge in [-0.25, -0.2) is 0 Å². The van der Waals surface area contributed by atoms with Crippen LogP contribution in [0.1, 0.15) is 24.0 Å². The highest BCUT2D eigenvalue weighted by molar-refractivity contribution is 14.1. The van der Waals surface area contributed by atoms with Gasteiger partial charge in [0.2, 0.25) is 5.91 Å². The number of hydrogen-bond donors (Lipinski definition) is 1. The molecule has 0 aliphatic rings. The molecular weight excluding hydrogens is 389 g/mol. The minimum Gasteiger partial charge on any atom is -0.494 e. The number of hydrogen-bond acceptors (Lipinski definition) is 2. The number of halogens is 1. The van der Waals surface area contributed by atoms with Crippen molar-refractivity contribution in [1.29, 1.82) is 0 Å². The highest BCUT2D eigenvalue weighted by Gasteiger charge is 2.04. The Balaban J connectivity index is 1.72. The van der Waals surface area contributed by atoms with Crippen molar-refractivity contribution in [2.75, 3.05) is 11.9 Å². The van der Waals surface area contributed by atoms with E-state index in [2.05, 4.69) is 34.8 Å². The summed E-state index contributed by atoms with van der Waals surface area (Å²) >= 11 is 2.27. The first-order valence-corrected chi connectivity index (χ1v) is 8.38. The van der Waals surface area contributed by atoms with Crippen molar-refractivity contribution >= 4 is 34.2 Å². The molecule has 0 saturated carbocycles. The maximum absolute atomic E-state index is 11.9. The molecule has 116 valence electrons. The molecule has 0 unspecified atom stereocenters. The van der Waals surface area contributed by atoms with Crippen molar-refractivity contribution in [3.63, 3.8) is 0 Å². The normalized spacial score (nSPS) is 10.3. The summed E-state index contributed by atoms with van der Waals surface area (Å²) in [6, 6.07) is 13.9. The molecule has 22 heavy (non-hydrogen) atoms. The number of anilines is 1. The zero-order valence-corrected chi connectivity index (χ0v) is 15.0. The minimum atomic E-state index is 0.0208. The molecule has 0 bridgehead atoms. The molecule has 0 aromatic heterocycles. The number of rotatable bonds is 6. The largest absolute Gasteiger partial charge is 0.494 e. The lowest BCUT2D eigenvalue weighted by Gasteiger charge is -2.08. The van der Waals surface area contributed by atoms with E-state index in [0.717, 1.165) is 15.0 Å². The Kier molecular flexibility index (Phi) is 6.24. The molecule has 1 N–H and O–H groups in total. The van der Waals surface area contributed by atoms with Crippen LogP contribution >= 0.6 is 22.6 Å². The maximum Gasteiger partial charge on any atom is 0.224 e. The first-order valence-electron chi connectivity index (χ1n) is 7.30. The third-order valence-electron chi connectivity index (χ3n) is 3.26. The highest BCUT2D eigenvalue weighted by atomic mass is 127. The van der Waals surface area contributed by atoms with Crippen molar-refractivity contribution in [2.45, 2.75) is 26.7 Å². The summed E-state index contributed by atoms with van der Waals surface area (Å²) in [5.41, 5.74) is 3.23. The molecule has 2 aromatic rings. The van der Waals surface area contributed by atoms with Gasteiger partial charge in [0.25, 0.3) is 0 Å². The molecule has 0 saturated heterocycles. The van der Waals surface area contributed by atoms with E-state index in [-0.39, 0.29) is 5.91 Å². The van der Waals surface area contributed by atoms with E-state index < -0.39 is 0 Å². The van der Waals surface area contributed by atoms with Crippen LogP contribution in [0.25, 0.3) is 0 Å². The van der Waals surface area contributed by atoms with Gasteiger partial charge in [-0.2, -0.15) is 0 Å². The fourth-order valence-electron chi connectivity index (χ4n) is 2.02. The fourth-order valence-corrected chi connectivity index (χ4v) is 2.54. The summed E-state index contributed by atoms with van der Waals surface area (Å²) in [6.45, 7) is 4.63. The zero-order valence-electron chi connectivity index (χ0n) is 12.9. The number of carbonyl (C=O) groups is 1. The fraction of sp³-hybridized carbons (Fsp3) is 0.278. The Hall–Kier alpha value is -1.56. The monoisotopic (exact) mass is 409 g/mol. The molecule has 2 rings (SSSR count). The molecule has 0 aliphatic heterocycles. The first kappa shape index (κ1) is 16.8. The lowest BCUT2D eigenvalue weighted by atomic mass is 10.2. The third-order valence-corrected chi connectivity index (χ3v) is 4.42. The number of aryl methyl sites for hydroxylation is 2. The Morgan fingerprint density at radius 3 is 2.73 bits per heavy atom. The van der Waals surface area contributed by atoms with Crippen molar-refractivity contribution < 1.29 is 9.53 Å². The van der Waals surface area contributed by atoms with E-state index in [1.165, 1.54) is 11.1 Å². The topological polar surface area (TPSA) is 38.3 Å². The molecule has 0 aliphatic carbocycles. The predicted molar refractivity (Wildman–Crippen MR) is 98.4 cm³/mol. The molecule has 0 atom stereocenters. The Morgan fingerprint density at radius 1 is 1.18 bits per heavy atom. The van der Waals surface area contributed by atoms with Gasteiger partial charge in [-0.15, -0.1) is 0 Å². The molecule has 0 spiro atoms. The van der Waals surface area contributed by atoms with Gasteiger partial charge >= 0.3 is 0 Å². The molecule has 3 nitrogen and oxygen atoms in total. The first-order chi connectivity index (χ1) is 10.5. The Morgan fingerprint density at radius 2 is 2.00 bits per heavy atom. The molecule has 2 aromatic carbocycles.